The summed E-state index contributed by atoms with van der Waals surface area (Å²) in [4.78, 5) is 0. The molecule has 0 spiro atoms. The smallest absolute Gasteiger partial charge is 0.358 e. The van der Waals surface area contributed by atoms with Crippen molar-refractivity contribution in [2.24, 2.45) is 23.7 Å². The van der Waals surface area contributed by atoms with Crippen LogP contribution in [0.4, 0.5) is 0 Å². The standard InChI is InChI=1S/C31H50.C7H12.2CH3.Fe/c1-6-11-15-25(8-3)21-30-24-29(20-19-27-17-13-14-18-27)31(23-28(30)10-5)22-26(9-4)16-12-7-2;1-2-7-5-3-4-6-7;;;/h10,19-20,23-27H,5-9,11-18,21-22H2,1-4H3;2,7H,1,3-6H2;2*1H3;/q;;2*-1;+2/b20-19+;;;;. The quantitative estimate of drug-likeness (QED) is 0.100. The average Bonchev–Trinajstić information content (AvgIpc) is 3.67. The van der Waals surface area contributed by atoms with Crippen molar-refractivity contribution in [3.8, 4) is 0 Å². The van der Waals surface area contributed by atoms with Crippen LogP contribution in [0.5, 0.6) is 0 Å². The number of benzene rings is 1. The van der Waals surface area contributed by atoms with Crippen LogP contribution in [0.25, 0.3) is 12.2 Å². The van der Waals surface area contributed by atoms with Crippen molar-refractivity contribution in [2.75, 3.05) is 0 Å². The first kappa shape index (κ1) is 42.1. The van der Waals surface area contributed by atoms with Crippen molar-refractivity contribution >= 4 is 12.2 Å². The van der Waals surface area contributed by atoms with E-state index in [0.717, 1.165) is 23.7 Å². The molecule has 0 bridgehead atoms. The first-order chi connectivity index (χ1) is 18.6. The monoisotopic (exact) mass is 604 g/mol. The topological polar surface area (TPSA) is 0 Å². The predicted octanol–water partition coefficient (Wildman–Crippen LogP) is 13.3. The zero-order chi connectivity index (χ0) is 27.6. The maximum atomic E-state index is 4.20. The summed E-state index contributed by atoms with van der Waals surface area (Å²) in [6, 6.07) is 5.04. The van der Waals surface area contributed by atoms with Crippen molar-refractivity contribution < 1.29 is 17.1 Å². The first-order valence-corrected chi connectivity index (χ1v) is 16.7. The van der Waals surface area contributed by atoms with Crippen LogP contribution in [0.3, 0.4) is 0 Å². The Hall–Kier alpha value is -1.04. The molecule has 41 heavy (non-hydrogen) atoms. The van der Waals surface area contributed by atoms with Crippen molar-refractivity contribution in [3.05, 3.63) is 74.5 Å². The van der Waals surface area contributed by atoms with Crippen molar-refractivity contribution in [2.45, 2.75) is 143 Å². The Morgan fingerprint density at radius 3 is 1.54 bits per heavy atom. The van der Waals surface area contributed by atoms with E-state index in [2.05, 4.69) is 77.3 Å². The SMILES string of the molecule is C=CC1CCCC1.C=Cc1cc(CC(CC)CCCC)c(/C=C/C2CCCC2)cc1CC(CC)CCCC.[CH3-].[CH3-].[Fe+2]. The fourth-order valence-electron chi connectivity index (χ4n) is 6.52. The number of hydrogen-bond acceptors (Lipinski definition) is 0. The Bertz CT molecular complexity index is 806. The summed E-state index contributed by atoms with van der Waals surface area (Å²) < 4.78 is 0. The van der Waals surface area contributed by atoms with Gasteiger partial charge in [-0.25, -0.2) is 0 Å². The van der Waals surface area contributed by atoms with Gasteiger partial charge in [-0.15, -0.1) is 6.58 Å². The van der Waals surface area contributed by atoms with Gasteiger partial charge in [-0.2, -0.15) is 0 Å². The fraction of sp³-hybridized carbons (Fsp3) is 0.650. The molecule has 3 rings (SSSR count). The third kappa shape index (κ3) is 15.8. The van der Waals surface area contributed by atoms with Crippen LogP contribution in [0.1, 0.15) is 153 Å². The molecule has 0 N–H and O–H groups in total. The summed E-state index contributed by atoms with van der Waals surface area (Å²) in [5.41, 5.74) is 5.95. The molecule has 0 nitrogen and oxygen atoms in total. The third-order valence-corrected chi connectivity index (χ3v) is 9.41. The summed E-state index contributed by atoms with van der Waals surface area (Å²) in [6.45, 7) is 17.3. The normalized spacial score (nSPS) is 16.6. The van der Waals surface area contributed by atoms with Gasteiger partial charge < -0.3 is 14.9 Å². The molecule has 2 atom stereocenters. The minimum Gasteiger partial charge on any atom is -0.358 e. The Morgan fingerprint density at radius 1 is 0.707 bits per heavy atom. The van der Waals surface area contributed by atoms with E-state index in [0.29, 0.717) is 0 Å². The molecule has 0 amide bonds. The molecule has 1 aromatic rings. The Kier molecular flexibility index (Phi) is 26.1. The molecule has 0 aliphatic heterocycles. The summed E-state index contributed by atoms with van der Waals surface area (Å²) in [5, 5.41) is 0. The maximum Gasteiger partial charge on any atom is 2.00 e. The molecule has 1 heteroatoms. The molecular formula is C40H68Fe. The number of hydrogen-bond donors (Lipinski definition) is 0. The Labute approximate surface area is 269 Å². The van der Waals surface area contributed by atoms with Crippen LogP contribution in [-0.2, 0) is 29.9 Å². The molecule has 1 aromatic carbocycles. The minimum atomic E-state index is 0. The van der Waals surface area contributed by atoms with Gasteiger partial charge in [-0.1, -0.05) is 148 Å². The molecule has 0 radical (unpaired) electrons. The van der Waals surface area contributed by atoms with E-state index in [-0.39, 0.29) is 31.9 Å². The Balaban J connectivity index is 0. The summed E-state index contributed by atoms with van der Waals surface area (Å²) in [7, 11) is 0. The van der Waals surface area contributed by atoms with Crippen LogP contribution >= 0.6 is 0 Å². The molecule has 2 saturated carbocycles. The van der Waals surface area contributed by atoms with E-state index in [1.54, 1.807) is 5.56 Å². The predicted molar refractivity (Wildman–Crippen MR) is 187 cm³/mol. The summed E-state index contributed by atoms with van der Waals surface area (Å²) in [6.07, 6.45) is 33.5. The van der Waals surface area contributed by atoms with Crippen molar-refractivity contribution in [1.29, 1.82) is 0 Å². The van der Waals surface area contributed by atoms with Crippen molar-refractivity contribution in [1.82, 2.24) is 0 Å². The van der Waals surface area contributed by atoms with Gasteiger partial charge in [0.05, 0.1) is 0 Å². The largest absolute Gasteiger partial charge is 2.00 e. The van der Waals surface area contributed by atoms with Gasteiger partial charge in [-0.05, 0) is 84.5 Å². The van der Waals surface area contributed by atoms with Crippen LogP contribution in [0.2, 0.25) is 0 Å². The van der Waals surface area contributed by atoms with Crippen LogP contribution in [-0.4, -0.2) is 0 Å². The van der Waals surface area contributed by atoms with Crippen molar-refractivity contribution in [3.63, 3.8) is 0 Å². The number of unbranched alkanes of at least 4 members (excludes halogenated alkanes) is 2. The molecule has 2 unspecified atom stereocenters. The van der Waals surface area contributed by atoms with Gasteiger partial charge in [0.1, 0.15) is 0 Å². The first-order valence-electron chi connectivity index (χ1n) is 16.7. The van der Waals surface area contributed by atoms with E-state index >= 15 is 0 Å². The molecule has 2 aliphatic carbocycles. The molecule has 0 aromatic heterocycles. The zero-order valence-corrected chi connectivity index (χ0v) is 29.4. The van der Waals surface area contributed by atoms with E-state index in [4.69, 9.17) is 0 Å². The third-order valence-electron chi connectivity index (χ3n) is 9.41. The minimum absolute atomic E-state index is 0. The Morgan fingerprint density at radius 2 is 1.15 bits per heavy atom. The second-order valence-electron chi connectivity index (χ2n) is 12.4. The maximum absolute atomic E-state index is 4.20. The number of rotatable bonds is 16. The molecule has 2 fully saturated rings. The van der Waals surface area contributed by atoms with E-state index < -0.39 is 0 Å². The second kappa shape index (κ2) is 25.5. The fourth-order valence-corrected chi connectivity index (χ4v) is 6.52. The van der Waals surface area contributed by atoms with E-state index in [1.807, 2.05) is 0 Å². The molecule has 236 valence electrons. The molecular weight excluding hydrogens is 536 g/mol. The zero-order valence-electron chi connectivity index (χ0n) is 28.3. The van der Waals surface area contributed by atoms with Crippen LogP contribution in [0, 0.1) is 38.5 Å². The van der Waals surface area contributed by atoms with Gasteiger partial charge in [0.15, 0.2) is 0 Å². The number of allylic oxidation sites excluding steroid dienone is 2. The summed E-state index contributed by atoms with van der Waals surface area (Å²) >= 11 is 0. The molecule has 2 aliphatic rings. The average molecular weight is 605 g/mol. The van der Waals surface area contributed by atoms with Gasteiger partial charge in [0.2, 0.25) is 0 Å². The molecule has 0 heterocycles. The van der Waals surface area contributed by atoms with Gasteiger partial charge in [0.25, 0.3) is 0 Å². The second-order valence-corrected chi connectivity index (χ2v) is 12.4. The van der Waals surface area contributed by atoms with E-state index in [9.17, 15) is 0 Å². The van der Waals surface area contributed by atoms with Gasteiger partial charge in [0, 0.05) is 0 Å². The van der Waals surface area contributed by atoms with Gasteiger partial charge in [-0.3, -0.25) is 0 Å². The van der Waals surface area contributed by atoms with Crippen LogP contribution in [0.15, 0.2) is 37.4 Å². The summed E-state index contributed by atoms with van der Waals surface area (Å²) in [5.74, 6) is 3.25. The van der Waals surface area contributed by atoms with Crippen LogP contribution < -0.4 is 0 Å². The molecule has 0 saturated heterocycles. The van der Waals surface area contributed by atoms with Gasteiger partial charge >= 0.3 is 17.1 Å². The van der Waals surface area contributed by atoms with E-state index in [1.165, 1.54) is 132 Å².